The molecule has 3 rings (SSSR count). The molecule has 0 radical (unpaired) electrons. The molecule has 1 aromatic carbocycles. The first-order valence-electron chi connectivity index (χ1n) is 5.87. The Balaban J connectivity index is 2.39. The third-order valence-corrected chi connectivity index (χ3v) is 3.74. The summed E-state index contributed by atoms with van der Waals surface area (Å²) in [6.07, 6.45) is 4.46. The second kappa shape index (κ2) is 2.89. The number of benzene rings is 1. The standard InChI is InChI=1S/C14H18N2/c1-9-6-10(2)13-11(7-9)12(8-16(13)3)14(15)4-5-14/h6-8H,4-5,15H2,1-3H3. The van der Waals surface area contributed by atoms with Gasteiger partial charge in [0.25, 0.3) is 0 Å². The number of aromatic nitrogens is 1. The SMILES string of the molecule is Cc1cc(C)c2c(c1)c(C1(N)CC1)cn2C. The van der Waals surface area contributed by atoms with E-state index in [4.69, 9.17) is 5.73 Å². The van der Waals surface area contributed by atoms with Crippen molar-refractivity contribution in [2.24, 2.45) is 12.8 Å². The molecule has 1 fully saturated rings. The van der Waals surface area contributed by atoms with Crippen LogP contribution in [0.2, 0.25) is 0 Å². The van der Waals surface area contributed by atoms with Gasteiger partial charge in [0.1, 0.15) is 0 Å². The normalized spacial score (nSPS) is 18.0. The van der Waals surface area contributed by atoms with Gasteiger partial charge in [-0.05, 0) is 43.9 Å². The quantitative estimate of drug-likeness (QED) is 0.777. The lowest BCUT2D eigenvalue weighted by atomic mass is 10.0. The molecule has 1 aromatic heterocycles. The van der Waals surface area contributed by atoms with Crippen LogP contribution in [0, 0.1) is 13.8 Å². The number of rotatable bonds is 1. The van der Waals surface area contributed by atoms with Crippen LogP contribution in [0.15, 0.2) is 18.3 Å². The van der Waals surface area contributed by atoms with Crippen LogP contribution in [0.4, 0.5) is 0 Å². The molecule has 2 nitrogen and oxygen atoms in total. The largest absolute Gasteiger partial charge is 0.350 e. The van der Waals surface area contributed by atoms with E-state index in [9.17, 15) is 0 Å². The topological polar surface area (TPSA) is 30.9 Å². The van der Waals surface area contributed by atoms with E-state index < -0.39 is 0 Å². The second-order valence-corrected chi connectivity index (χ2v) is 5.29. The van der Waals surface area contributed by atoms with Crippen molar-refractivity contribution in [2.75, 3.05) is 0 Å². The van der Waals surface area contributed by atoms with Crippen molar-refractivity contribution < 1.29 is 0 Å². The van der Waals surface area contributed by atoms with E-state index in [1.54, 1.807) is 0 Å². The van der Waals surface area contributed by atoms with Crippen LogP contribution in [0.1, 0.15) is 29.5 Å². The van der Waals surface area contributed by atoms with Gasteiger partial charge in [-0.15, -0.1) is 0 Å². The summed E-state index contributed by atoms with van der Waals surface area (Å²) in [6.45, 7) is 4.33. The van der Waals surface area contributed by atoms with Gasteiger partial charge in [0.2, 0.25) is 0 Å². The van der Waals surface area contributed by atoms with Crippen molar-refractivity contribution >= 4 is 10.9 Å². The Morgan fingerprint density at radius 1 is 1.25 bits per heavy atom. The molecule has 0 aliphatic heterocycles. The minimum atomic E-state index is -0.0419. The van der Waals surface area contributed by atoms with Gasteiger partial charge in [-0.2, -0.15) is 0 Å². The molecule has 1 saturated carbocycles. The molecule has 2 aromatic rings. The Kier molecular flexibility index (Phi) is 1.79. The molecule has 0 unspecified atom stereocenters. The first-order valence-corrected chi connectivity index (χ1v) is 5.87. The molecule has 0 atom stereocenters. The molecule has 0 bridgehead atoms. The van der Waals surface area contributed by atoms with Crippen molar-refractivity contribution in [2.45, 2.75) is 32.2 Å². The maximum Gasteiger partial charge on any atom is 0.0511 e. The predicted octanol–water partition coefficient (Wildman–Crippen LogP) is 2.74. The molecular weight excluding hydrogens is 196 g/mol. The van der Waals surface area contributed by atoms with Gasteiger partial charge in [-0.25, -0.2) is 0 Å². The molecule has 0 amide bonds. The fourth-order valence-electron chi connectivity index (χ4n) is 2.76. The highest BCUT2D eigenvalue weighted by atomic mass is 14.9. The maximum atomic E-state index is 6.33. The predicted molar refractivity (Wildman–Crippen MR) is 67.5 cm³/mol. The maximum absolute atomic E-state index is 6.33. The van der Waals surface area contributed by atoms with Gasteiger partial charge < -0.3 is 10.3 Å². The summed E-state index contributed by atoms with van der Waals surface area (Å²) in [5.74, 6) is 0. The number of aryl methyl sites for hydroxylation is 3. The fraction of sp³-hybridized carbons (Fsp3) is 0.429. The highest BCUT2D eigenvalue weighted by Crippen LogP contribution is 2.46. The molecule has 1 aliphatic carbocycles. The van der Waals surface area contributed by atoms with E-state index in [0.29, 0.717) is 0 Å². The van der Waals surface area contributed by atoms with Crippen molar-refractivity contribution in [3.63, 3.8) is 0 Å². The first-order chi connectivity index (χ1) is 7.51. The highest BCUT2D eigenvalue weighted by molar-refractivity contribution is 5.88. The van der Waals surface area contributed by atoms with E-state index in [0.717, 1.165) is 12.8 Å². The second-order valence-electron chi connectivity index (χ2n) is 5.29. The molecule has 2 heteroatoms. The summed E-state index contributed by atoms with van der Waals surface area (Å²) in [5, 5.41) is 1.35. The smallest absolute Gasteiger partial charge is 0.0511 e. The number of nitrogens with zero attached hydrogens (tertiary/aromatic N) is 1. The van der Waals surface area contributed by atoms with Gasteiger partial charge in [0.15, 0.2) is 0 Å². The molecular formula is C14H18N2. The van der Waals surface area contributed by atoms with Crippen LogP contribution in [-0.2, 0) is 12.6 Å². The number of hydrogen-bond acceptors (Lipinski definition) is 1. The van der Waals surface area contributed by atoms with E-state index in [1.807, 2.05) is 0 Å². The molecule has 0 spiro atoms. The van der Waals surface area contributed by atoms with E-state index in [1.165, 1.54) is 27.6 Å². The molecule has 84 valence electrons. The lowest BCUT2D eigenvalue weighted by Crippen LogP contribution is -2.18. The van der Waals surface area contributed by atoms with Gasteiger partial charge in [-0.3, -0.25) is 0 Å². The van der Waals surface area contributed by atoms with Crippen LogP contribution < -0.4 is 5.73 Å². The summed E-state index contributed by atoms with van der Waals surface area (Å²) in [4.78, 5) is 0. The average molecular weight is 214 g/mol. The zero-order chi connectivity index (χ0) is 11.5. The molecule has 16 heavy (non-hydrogen) atoms. The summed E-state index contributed by atoms with van der Waals surface area (Å²) < 4.78 is 2.21. The van der Waals surface area contributed by atoms with Crippen molar-refractivity contribution in [1.29, 1.82) is 0 Å². The summed E-state index contributed by atoms with van der Waals surface area (Å²) in [6, 6.07) is 4.51. The van der Waals surface area contributed by atoms with E-state index in [2.05, 4.69) is 43.8 Å². The lowest BCUT2D eigenvalue weighted by molar-refractivity contribution is 0.741. The molecule has 1 aliphatic rings. The minimum Gasteiger partial charge on any atom is -0.350 e. The summed E-state index contributed by atoms with van der Waals surface area (Å²) >= 11 is 0. The van der Waals surface area contributed by atoms with Crippen molar-refractivity contribution in [1.82, 2.24) is 4.57 Å². The number of nitrogens with two attached hydrogens (primary N) is 1. The fourth-order valence-corrected chi connectivity index (χ4v) is 2.76. The van der Waals surface area contributed by atoms with E-state index in [-0.39, 0.29) is 5.54 Å². The number of hydrogen-bond donors (Lipinski definition) is 1. The first kappa shape index (κ1) is 9.91. The average Bonchev–Trinajstić information content (AvgIpc) is 2.83. The van der Waals surface area contributed by atoms with Gasteiger partial charge in [0, 0.05) is 24.2 Å². The lowest BCUT2D eigenvalue weighted by Gasteiger charge is -2.07. The van der Waals surface area contributed by atoms with Crippen LogP contribution in [0.3, 0.4) is 0 Å². The van der Waals surface area contributed by atoms with Crippen molar-refractivity contribution in [3.05, 3.63) is 35.0 Å². The van der Waals surface area contributed by atoms with Crippen LogP contribution in [0.25, 0.3) is 10.9 Å². The Labute approximate surface area is 96.1 Å². The molecule has 0 saturated heterocycles. The minimum absolute atomic E-state index is 0.0419. The molecule has 2 N–H and O–H groups in total. The highest BCUT2D eigenvalue weighted by Gasteiger charge is 2.42. The van der Waals surface area contributed by atoms with Crippen LogP contribution >= 0.6 is 0 Å². The van der Waals surface area contributed by atoms with Gasteiger partial charge in [0.05, 0.1) is 5.52 Å². The third kappa shape index (κ3) is 1.23. The summed E-state index contributed by atoms with van der Waals surface area (Å²) in [5.41, 5.74) is 11.6. The summed E-state index contributed by atoms with van der Waals surface area (Å²) in [7, 11) is 2.11. The van der Waals surface area contributed by atoms with Crippen LogP contribution in [0.5, 0.6) is 0 Å². The monoisotopic (exact) mass is 214 g/mol. The third-order valence-electron chi connectivity index (χ3n) is 3.74. The zero-order valence-corrected chi connectivity index (χ0v) is 10.2. The Bertz CT molecular complexity index is 574. The van der Waals surface area contributed by atoms with E-state index >= 15 is 0 Å². The Morgan fingerprint density at radius 2 is 1.94 bits per heavy atom. The zero-order valence-electron chi connectivity index (χ0n) is 10.2. The Morgan fingerprint density at radius 3 is 2.56 bits per heavy atom. The van der Waals surface area contributed by atoms with Crippen LogP contribution in [-0.4, -0.2) is 4.57 Å². The van der Waals surface area contributed by atoms with Gasteiger partial charge >= 0.3 is 0 Å². The van der Waals surface area contributed by atoms with Crippen molar-refractivity contribution in [3.8, 4) is 0 Å². The molecule has 1 heterocycles. The number of fused-ring (bicyclic) bond motifs is 1. The van der Waals surface area contributed by atoms with Gasteiger partial charge in [-0.1, -0.05) is 11.6 Å². The Hall–Kier alpha value is -1.28.